The summed E-state index contributed by atoms with van der Waals surface area (Å²) in [6.45, 7) is 0. The summed E-state index contributed by atoms with van der Waals surface area (Å²) in [5, 5.41) is 12.2. The molecule has 64 valence electrons. The van der Waals surface area contributed by atoms with E-state index in [0.717, 1.165) is 12.8 Å². The van der Waals surface area contributed by atoms with Gasteiger partial charge in [0, 0.05) is 6.04 Å². The van der Waals surface area contributed by atoms with Crippen LogP contribution in [0.1, 0.15) is 19.3 Å². The van der Waals surface area contributed by atoms with E-state index in [9.17, 15) is 0 Å². The molecule has 0 bridgehead atoms. The number of hydrogen-bond acceptors (Lipinski definition) is 2. The van der Waals surface area contributed by atoms with Crippen LogP contribution in [0.25, 0.3) is 0 Å². The van der Waals surface area contributed by atoms with Crippen LogP contribution in [0.15, 0.2) is 0 Å². The van der Waals surface area contributed by atoms with Crippen molar-refractivity contribution in [2.75, 3.05) is 7.05 Å². The van der Waals surface area contributed by atoms with E-state index < -0.39 is 0 Å². The van der Waals surface area contributed by atoms with Gasteiger partial charge in [-0.2, -0.15) is 27.0 Å². The van der Waals surface area contributed by atoms with E-state index in [1.807, 2.05) is 7.05 Å². The van der Waals surface area contributed by atoms with Gasteiger partial charge in [-0.15, -0.1) is 0 Å². The molecule has 0 saturated heterocycles. The van der Waals surface area contributed by atoms with Gasteiger partial charge in [0.2, 0.25) is 0 Å². The van der Waals surface area contributed by atoms with Gasteiger partial charge < -0.3 is 10.4 Å². The van der Waals surface area contributed by atoms with E-state index in [4.69, 9.17) is 5.11 Å². The maximum atomic E-state index is 9.13. The van der Waals surface area contributed by atoms with Crippen molar-refractivity contribution < 1.29 is 5.11 Å². The van der Waals surface area contributed by atoms with Crippen LogP contribution in [-0.2, 0) is 0 Å². The second-order valence-electron chi connectivity index (χ2n) is 2.39. The number of aliphatic hydroxyl groups excluding tert-OH is 1. The molecule has 0 aromatic heterocycles. The largest absolute Gasteiger partial charge is 0.392 e. The molecule has 0 amide bonds. The molecule has 1 aliphatic rings. The zero-order valence-electron chi connectivity index (χ0n) is 6.22. The maximum Gasteiger partial charge on any atom is 0.0693 e. The average Bonchev–Trinajstić information content (AvgIpc) is 2.14. The summed E-state index contributed by atoms with van der Waals surface area (Å²) >= 11 is 0. The van der Waals surface area contributed by atoms with Crippen LogP contribution in [0.5, 0.6) is 0 Å². The van der Waals surface area contributed by atoms with Crippen LogP contribution >= 0.6 is 27.0 Å². The predicted molar refractivity (Wildman–Crippen MR) is 53.5 cm³/mol. The molecule has 1 fully saturated rings. The molecule has 0 unspecified atom stereocenters. The molecule has 1 rings (SSSR count). The molecule has 2 nitrogen and oxygen atoms in total. The number of hydrogen-bond donors (Lipinski definition) is 2. The van der Waals surface area contributed by atoms with Crippen LogP contribution in [0, 0.1) is 0 Å². The van der Waals surface area contributed by atoms with Crippen molar-refractivity contribution in [2.24, 2.45) is 0 Å². The number of likely N-dealkylation sites (N-methyl/N-ethyl adjacent to an activating group) is 1. The molecule has 0 aliphatic heterocycles. The monoisotopic (exact) mass is 183 g/mol. The lowest BCUT2D eigenvalue weighted by Crippen LogP contribution is -2.32. The van der Waals surface area contributed by atoms with Gasteiger partial charge in [-0.1, -0.05) is 0 Å². The lowest BCUT2D eigenvalue weighted by Gasteiger charge is -2.11. The van der Waals surface area contributed by atoms with Crippen molar-refractivity contribution in [2.45, 2.75) is 31.4 Å². The Hall–Kier alpha value is 0.620. The molecule has 10 heavy (non-hydrogen) atoms. The Bertz CT molecular complexity index is 82.1. The predicted octanol–water partition coefficient (Wildman–Crippen LogP) is 0.345. The SMILES string of the molecule is CN[C@H]1CCC[C@@H]1O.S.S. The first-order valence-electron chi connectivity index (χ1n) is 3.20. The highest BCUT2D eigenvalue weighted by molar-refractivity contribution is 7.59. The van der Waals surface area contributed by atoms with Gasteiger partial charge in [0.25, 0.3) is 0 Å². The van der Waals surface area contributed by atoms with E-state index in [0.29, 0.717) is 6.04 Å². The number of aliphatic hydroxyl groups is 1. The molecule has 0 radical (unpaired) electrons. The first-order chi connectivity index (χ1) is 3.84. The van der Waals surface area contributed by atoms with Crippen molar-refractivity contribution in [1.29, 1.82) is 0 Å². The fraction of sp³-hybridized carbons (Fsp3) is 1.00. The Labute approximate surface area is 76.3 Å². The molecular formula is C6H17NOS2. The van der Waals surface area contributed by atoms with Gasteiger partial charge in [0.15, 0.2) is 0 Å². The molecule has 2 atom stereocenters. The van der Waals surface area contributed by atoms with Crippen LogP contribution in [0.3, 0.4) is 0 Å². The first kappa shape index (κ1) is 13.2. The van der Waals surface area contributed by atoms with E-state index in [2.05, 4.69) is 5.32 Å². The molecule has 1 aliphatic carbocycles. The minimum atomic E-state index is -0.0833. The zero-order valence-corrected chi connectivity index (χ0v) is 8.22. The molecule has 0 spiro atoms. The average molecular weight is 183 g/mol. The van der Waals surface area contributed by atoms with E-state index in [1.54, 1.807) is 0 Å². The van der Waals surface area contributed by atoms with Crippen molar-refractivity contribution >= 4 is 27.0 Å². The highest BCUT2D eigenvalue weighted by atomic mass is 32.1. The summed E-state index contributed by atoms with van der Waals surface area (Å²) < 4.78 is 0. The first-order valence-corrected chi connectivity index (χ1v) is 3.20. The van der Waals surface area contributed by atoms with E-state index >= 15 is 0 Å². The van der Waals surface area contributed by atoms with Crippen molar-refractivity contribution in [3.8, 4) is 0 Å². The molecule has 0 heterocycles. The standard InChI is InChI=1S/C6H13NO.2H2S/c1-7-5-3-2-4-6(5)8;;/h5-8H,2-4H2,1H3;2*1H2/t5-,6-;;/m0../s1. The van der Waals surface area contributed by atoms with Crippen LogP contribution < -0.4 is 5.32 Å². The van der Waals surface area contributed by atoms with E-state index in [-0.39, 0.29) is 33.1 Å². The van der Waals surface area contributed by atoms with Gasteiger partial charge in [-0.05, 0) is 26.3 Å². The molecule has 0 aromatic carbocycles. The fourth-order valence-electron chi connectivity index (χ4n) is 1.28. The Kier molecular flexibility index (Phi) is 8.38. The van der Waals surface area contributed by atoms with Gasteiger partial charge in [-0.25, -0.2) is 0 Å². The highest BCUT2D eigenvalue weighted by Crippen LogP contribution is 2.17. The summed E-state index contributed by atoms with van der Waals surface area (Å²) in [7, 11) is 1.90. The summed E-state index contributed by atoms with van der Waals surface area (Å²) in [6, 6.07) is 0.370. The Morgan fingerprint density at radius 1 is 1.30 bits per heavy atom. The smallest absolute Gasteiger partial charge is 0.0693 e. The summed E-state index contributed by atoms with van der Waals surface area (Å²) in [6.07, 6.45) is 3.20. The van der Waals surface area contributed by atoms with Crippen molar-refractivity contribution in [3.05, 3.63) is 0 Å². The third-order valence-corrected chi connectivity index (χ3v) is 1.85. The minimum Gasteiger partial charge on any atom is -0.392 e. The van der Waals surface area contributed by atoms with Crippen molar-refractivity contribution in [3.63, 3.8) is 0 Å². The Balaban J connectivity index is 0. The molecular weight excluding hydrogens is 166 g/mol. The molecule has 2 N–H and O–H groups in total. The third kappa shape index (κ3) is 3.14. The second kappa shape index (κ2) is 6.34. The highest BCUT2D eigenvalue weighted by Gasteiger charge is 2.22. The lowest BCUT2D eigenvalue weighted by atomic mass is 10.2. The number of nitrogens with one attached hydrogen (secondary N) is 1. The van der Waals surface area contributed by atoms with E-state index in [1.165, 1.54) is 6.42 Å². The topological polar surface area (TPSA) is 32.3 Å². The Morgan fingerprint density at radius 2 is 1.90 bits per heavy atom. The van der Waals surface area contributed by atoms with Gasteiger partial charge in [0.1, 0.15) is 0 Å². The quantitative estimate of drug-likeness (QED) is 0.615. The fourth-order valence-corrected chi connectivity index (χ4v) is 1.28. The second-order valence-corrected chi connectivity index (χ2v) is 2.39. The number of rotatable bonds is 1. The summed E-state index contributed by atoms with van der Waals surface area (Å²) in [5.41, 5.74) is 0. The molecule has 1 saturated carbocycles. The summed E-state index contributed by atoms with van der Waals surface area (Å²) in [5.74, 6) is 0. The van der Waals surface area contributed by atoms with Crippen LogP contribution in [0.2, 0.25) is 0 Å². The van der Waals surface area contributed by atoms with Crippen LogP contribution in [0.4, 0.5) is 0 Å². The van der Waals surface area contributed by atoms with Gasteiger partial charge in [0.05, 0.1) is 6.10 Å². The maximum absolute atomic E-state index is 9.13. The van der Waals surface area contributed by atoms with Crippen LogP contribution in [-0.4, -0.2) is 24.3 Å². The van der Waals surface area contributed by atoms with Gasteiger partial charge in [-0.3, -0.25) is 0 Å². The zero-order chi connectivity index (χ0) is 5.98. The molecule has 4 heteroatoms. The Morgan fingerprint density at radius 3 is 2.10 bits per heavy atom. The molecule has 0 aromatic rings. The normalized spacial score (nSPS) is 30.6. The lowest BCUT2D eigenvalue weighted by molar-refractivity contribution is 0.153. The van der Waals surface area contributed by atoms with Gasteiger partial charge >= 0.3 is 0 Å². The third-order valence-electron chi connectivity index (χ3n) is 1.85. The summed E-state index contributed by atoms with van der Waals surface area (Å²) in [4.78, 5) is 0. The van der Waals surface area contributed by atoms with Crippen molar-refractivity contribution in [1.82, 2.24) is 5.32 Å². The minimum absolute atomic E-state index is 0.